The van der Waals surface area contributed by atoms with E-state index >= 15 is 0 Å². The number of fused-ring (bicyclic) bond motifs is 2. The zero-order valence-electron chi connectivity index (χ0n) is 8.71. The van der Waals surface area contributed by atoms with E-state index in [-0.39, 0.29) is 5.91 Å². The van der Waals surface area contributed by atoms with E-state index in [4.69, 9.17) is 9.84 Å². The fourth-order valence-corrected chi connectivity index (χ4v) is 2.64. The molecule has 0 unspecified atom stereocenters. The average molecular weight is 213 g/mol. The second-order valence-electron chi connectivity index (χ2n) is 4.63. The largest absolute Gasteiger partial charge is 0.481 e. The van der Waals surface area contributed by atoms with Crippen LogP contribution in [-0.4, -0.2) is 35.7 Å². The lowest BCUT2D eigenvalue weighted by Crippen LogP contribution is -2.65. The molecule has 84 valence electrons. The maximum atomic E-state index is 11.1. The van der Waals surface area contributed by atoms with Gasteiger partial charge >= 0.3 is 5.97 Å². The van der Waals surface area contributed by atoms with Crippen molar-refractivity contribution in [1.29, 1.82) is 0 Å². The van der Waals surface area contributed by atoms with Crippen LogP contribution in [0.25, 0.3) is 0 Å². The summed E-state index contributed by atoms with van der Waals surface area (Å²) in [6.45, 7) is 2.35. The zero-order valence-corrected chi connectivity index (χ0v) is 8.71. The predicted octanol–water partition coefficient (Wildman–Crippen LogP) is 0.146. The van der Waals surface area contributed by atoms with Gasteiger partial charge in [-0.25, -0.2) is 0 Å². The smallest absolute Gasteiger partial charge is 0.309 e. The lowest BCUT2D eigenvalue weighted by molar-refractivity contribution is -0.230. The third-order valence-electron chi connectivity index (χ3n) is 3.42. The van der Waals surface area contributed by atoms with Crippen LogP contribution in [0.4, 0.5) is 0 Å². The van der Waals surface area contributed by atoms with Gasteiger partial charge in [-0.2, -0.15) is 0 Å². The Hall–Kier alpha value is -1.10. The van der Waals surface area contributed by atoms with E-state index in [0.29, 0.717) is 32.4 Å². The maximum absolute atomic E-state index is 11.1. The fourth-order valence-electron chi connectivity index (χ4n) is 2.64. The fraction of sp³-hybridized carbons (Fsp3) is 0.800. The number of carboxylic acid groups (broad SMARTS) is 1. The molecule has 3 rings (SSSR count). The number of carbonyl (C=O) groups is 2. The van der Waals surface area contributed by atoms with Crippen LogP contribution in [0.5, 0.6) is 0 Å². The van der Waals surface area contributed by atoms with Crippen molar-refractivity contribution in [3.05, 3.63) is 0 Å². The summed E-state index contributed by atoms with van der Waals surface area (Å²) in [5.74, 6) is -0.837. The highest BCUT2D eigenvalue weighted by atomic mass is 16.5. The molecule has 3 fully saturated rings. The highest BCUT2D eigenvalue weighted by Gasteiger charge is 2.62. The van der Waals surface area contributed by atoms with Crippen molar-refractivity contribution in [2.45, 2.75) is 31.8 Å². The molecular weight excluding hydrogens is 198 g/mol. The van der Waals surface area contributed by atoms with Gasteiger partial charge in [0.2, 0.25) is 5.91 Å². The molecule has 1 aliphatic carbocycles. The monoisotopic (exact) mass is 213 g/mol. The lowest BCUT2D eigenvalue weighted by Gasteiger charge is -2.57. The SMILES string of the molecule is CC(=O)NCC12CC(C(=O)O)(CCO1)C2. The zero-order chi connectivity index (χ0) is 11.1. The molecule has 0 radical (unpaired) electrons. The van der Waals surface area contributed by atoms with Gasteiger partial charge in [-0.1, -0.05) is 0 Å². The Labute approximate surface area is 87.8 Å². The van der Waals surface area contributed by atoms with Crippen molar-refractivity contribution in [2.24, 2.45) is 5.41 Å². The van der Waals surface area contributed by atoms with Gasteiger partial charge in [0.15, 0.2) is 0 Å². The van der Waals surface area contributed by atoms with Crippen LogP contribution < -0.4 is 5.32 Å². The predicted molar refractivity (Wildman–Crippen MR) is 51.3 cm³/mol. The Balaban J connectivity index is 1.98. The molecule has 0 aromatic heterocycles. The molecule has 15 heavy (non-hydrogen) atoms. The third kappa shape index (κ3) is 1.61. The van der Waals surface area contributed by atoms with E-state index in [1.54, 1.807) is 0 Å². The van der Waals surface area contributed by atoms with Gasteiger partial charge in [-0.05, 0) is 19.3 Å². The summed E-state index contributed by atoms with van der Waals surface area (Å²) in [7, 11) is 0. The molecule has 3 aliphatic rings. The number of carboxylic acids is 1. The first-order chi connectivity index (χ1) is 6.98. The molecule has 0 aromatic rings. The Morgan fingerprint density at radius 1 is 1.47 bits per heavy atom. The van der Waals surface area contributed by atoms with Gasteiger partial charge < -0.3 is 15.2 Å². The van der Waals surface area contributed by atoms with Crippen molar-refractivity contribution >= 4 is 11.9 Å². The molecule has 2 aliphatic heterocycles. The van der Waals surface area contributed by atoms with Crippen molar-refractivity contribution < 1.29 is 19.4 Å². The summed E-state index contributed by atoms with van der Waals surface area (Å²) in [4.78, 5) is 21.8. The first-order valence-corrected chi connectivity index (χ1v) is 5.10. The molecule has 2 bridgehead atoms. The normalized spacial score (nSPS) is 37.9. The molecule has 5 nitrogen and oxygen atoms in total. The Kier molecular flexibility index (Phi) is 2.22. The first-order valence-electron chi connectivity index (χ1n) is 5.10. The number of ether oxygens (including phenoxy) is 1. The van der Waals surface area contributed by atoms with Gasteiger partial charge in [0, 0.05) is 20.1 Å². The minimum Gasteiger partial charge on any atom is -0.481 e. The van der Waals surface area contributed by atoms with E-state index in [0.717, 1.165) is 0 Å². The van der Waals surface area contributed by atoms with E-state index in [2.05, 4.69) is 5.32 Å². The summed E-state index contributed by atoms with van der Waals surface area (Å²) >= 11 is 0. The minimum atomic E-state index is -0.732. The number of nitrogens with one attached hydrogen (secondary N) is 1. The topological polar surface area (TPSA) is 75.6 Å². The van der Waals surface area contributed by atoms with E-state index in [9.17, 15) is 9.59 Å². The highest BCUT2D eigenvalue weighted by molar-refractivity contribution is 5.77. The Bertz CT molecular complexity index is 307. The second-order valence-corrected chi connectivity index (χ2v) is 4.63. The molecule has 1 saturated carbocycles. The second kappa shape index (κ2) is 3.20. The Morgan fingerprint density at radius 3 is 2.67 bits per heavy atom. The molecule has 1 amide bonds. The number of carbonyl (C=O) groups excluding carboxylic acids is 1. The number of aliphatic carboxylic acids is 1. The van der Waals surface area contributed by atoms with Crippen LogP contribution in [0.15, 0.2) is 0 Å². The van der Waals surface area contributed by atoms with Crippen LogP contribution in [0.2, 0.25) is 0 Å². The van der Waals surface area contributed by atoms with Crippen molar-refractivity contribution in [3.63, 3.8) is 0 Å². The van der Waals surface area contributed by atoms with E-state index in [1.807, 2.05) is 0 Å². The van der Waals surface area contributed by atoms with Crippen LogP contribution in [0.3, 0.4) is 0 Å². The standard InChI is InChI=1S/C10H15NO4/c1-7(12)11-6-10-4-9(5-10,8(13)14)2-3-15-10/h2-6H2,1H3,(H,11,12)(H,13,14). The molecule has 0 aromatic carbocycles. The summed E-state index contributed by atoms with van der Waals surface area (Å²) in [6.07, 6.45) is 1.63. The summed E-state index contributed by atoms with van der Waals surface area (Å²) in [6, 6.07) is 0. The average Bonchev–Trinajstić information content (AvgIpc) is 2.14. The maximum Gasteiger partial charge on any atom is 0.309 e. The van der Waals surface area contributed by atoms with Crippen LogP contribution in [0.1, 0.15) is 26.2 Å². The van der Waals surface area contributed by atoms with Gasteiger partial charge in [0.1, 0.15) is 0 Å². The molecule has 0 atom stereocenters. The quantitative estimate of drug-likeness (QED) is 0.699. The Morgan fingerprint density at radius 2 is 2.13 bits per heavy atom. The molecule has 0 spiro atoms. The summed E-state index contributed by atoms with van der Waals surface area (Å²) in [5.41, 5.74) is -1.00. The van der Waals surface area contributed by atoms with E-state index in [1.165, 1.54) is 6.92 Å². The number of hydrogen-bond donors (Lipinski definition) is 2. The molecule has 2 heterocycles. The molecule has 2 saturated heterocycles. The third-order valence-corrected chi connectivity index (χ3v) is 3.42. The van der Waals surface area contributed by atoms with Crippen molar-refractivity contribution in [1.82, 2.24) is 5.32 Å². The first kappa shape index (κ1) is 10.4. The lowest BCUT2D eigenvalue weighted by atomic mass is 9.55. The summed E-state index contributed by atoms with van der Waals surface area (Å²) in [5, 5.41) is 11.8. The van der Waals surface area contributed by atoms with Gasteiger partial charge in [0.05, 0.1) is 11.0 Å². The molecule has 2 N–H and O–H groups in total. The van der Waals surface area contributed by atoms with Gasteiger partial charge in [-0.3, -0.25) is 9.59 Å². The molecular formula is C10H15NO4. The number of hydrogen-bond acceptors (Lipinski definition) is 3. The van der Waals surface area contributed by atoms with Crippen LogP contribution in [0, 0.1) is 5.41 Å². The van der Waals surface area contributed by atoms with Crippen LogP contribution >= 0.6 is 0 Å². The van der Waals surface area contributed by atoms with Crippen molar-refractivity contribution in [3.8, 4) is 0 Å². The van der Waals surface area contributed by atoms with Crippen LogP contribution in [-0.2, 0) is 14.3 Å². The van der Waals surface area contributed by atoms with Crippen molar-refractivity contribution in [2.75, 3.05) is 13.2 Å². The number of amides is 1. The minimum absolute atomic E-state index is 0.105. The van der Waals surface area contributed by atoms with Gasteiger partial charge in [-0.15, -0.1) is 0 Å². The summed E-state index contributed by atoms with van der Waals surface area (Å²) < 4.78 is 5.58. The number of rotatable bonds is 3. The van der Waals surface area contributed by atoms with E-state index < -0.39 is 17.0 Å². The highest BCUT2D eigenvalue weighted by Crippen LogP contribution is 2.56. The molecule has 5 heteroatoms. The van der Waals surface area contributed by atoms with Gasteiger partial charge in [0.25, 0.3) is 0 Å².